The predicted molar refractivity (Wildman–Crippen MR) is 156 cm³/mol. The van der Waals surface area contributed by atoms with E-state index in [0.29, 0.717) is 17.9 Å². The molecule has 36 heavy (non-hydrogen) atoms. The van der Waals surface area contributed by atoms with E-state index in [1.165, 1.54) is 6.21 Å². The minimum atomic E-state index is -0.549. The van der Waals surface area contributed by atoms with Gasteiger partial charge in [-0.3, -0.25) is 0 Å². The second kappa shape index (κ2) is 11.3. The number of aromatic nitrogens is 2. The Bertz CT molecular complexity index is 1380. The summed E-state index contributed by atoms with van der Waals surface area (Å²) in [5.41, 5.74) is 3.82. The highest BCUT2D eigenvalue weighted by Crippen LogP contribution is 2.31. The number of hydrogen-bond acceptors (Lipinski definition) is 7. The number of nitrogens with zero attached hydrogens (tertiary/aromatic N) is 2. The molecule has 1 unspecified atom stereocenters. The summed E-state index contributed by atoms with van der Waals surface area (Å²) in [6.45, 7) is 5.31. The van der Waals surface area contributed by atoms with Crippen molar-refractivity contribution in [2.75, 3.05) is 17.0 Å². The van der Waals surface area contributed by atoms with Crippen LogP contribution in [-0.2, 0) is 9.53 Å². The maximum Gasteiger partial charge on any atom is 0.344 e. The van der Waals surface area contributed by atoms with Crippen molar-refractivity contribution in [3.8, 4) is 11.4 Å². The van der Waals surface area contributed by atoms with Crippen LogP contribution in [0.5, 0.6) is 5.75 Å². The lowest BCUT2D eigenvalue weighted by atomic mass is 10.1. The highest BCUT2D eigenvalue weighted by Gasteiger charge is 2.17. The molecule has 0 aliphatic heterocycles. The van der Waals surface area contributed by atoms with Crippen LogP contribution in [-0.4, -0.2) is 34.2 Å². The molecule has 0 fully saturated rings. The number of fused-ring (bicyclic) bond motifs is 1. The minimum Gasteiger partial charge on any atom is -0.482 e. The highest BCUT2D eigenvalue weighted by atomic mass is 127. The molecule has 0 spiro atoms. The fraction of sp³-hybridized carbons (Fsp3) is 0.192. The number of halogens is 1. The number of carbonyl (C=O) groups is 1. The smallest absolute Gasteiger partial charge is 0.344 e. The monoisotopic (exact) mass is 615 g/mol. The molecule has 4 aromatic rings. The van der Waals surface area contributed by atoms with Gasteiger partial charge in [0.2, 0.25) is 0 Å². The number of rotatable bonds is 9. The number of nitrogens with one attached hydrogen (secondary N) is 3. The normalized spacial score (nSPS) is 11.6. The van der Waals surface area contributed by atoms with Gasteiger partial charge in [-0.25, -0.2) is 9.48 Å². The first-order chi connectivity index (χ1) is 17.3. The third kappa shape index (κ3) is 6.33. The van der Waals surface area contributed by atoms with E-state index in [0.717, 1.165) is 33.5 Å². The van der Waals surface area contributed by atoms with Gasteiger partial charge in [0, 0.05) is 34.9 Å². The van der Waals surface area contributed by atoms with E-state index < -0.39 is 11.6 Å². The van der Waals surface area contributed by atoms with Crippen LogP contribution in [0.2, 0.25) is 0 Å². The van der Waals surface area contributed by atoms with Crippen molar-refractivity contribution in [2.24, 2.45) is 0 Å². The van der Waals surface area contributed by atoms with Gasteiger partial charge < -0.3 is 25.3 Å². The molecular formula is C26H27IN5O3P. The molecule has 8 nitrogen and oxygen atoms in total. The Labute approximate surface area is 224 Å². The van der Waals surface area contributed by atoms with Gasteiger partial charge in [0.05, 0.1) is 11.2 Å². The van der Waals surface area contributed by atoms with Crippen molar-refractivity contribution in [3.63, 3.8) is 0 Å². The zero-order valence-corrected chi connectivity index (χ0v) is 23.3. The Morgan fingerprint density at radius 1 is 1.14 bits per heavy atom. The summed E-state index contributed by atoms with van der Waals surface area (Å²) in [5.74, 6) is 0.868. The van der Waals surface area contributed by atoms with Crippen molar-refractivity contribution < 1.29 is 14.3 Å². The zero-order chi connectivity index (χ0) is 25.7. The van der Waals surface area contributed by atoms with E-state index >= 15 is 0 Å². The van der Waals surface area contributed by atoms with Gasteiger partial charge >= 0.3 is 5.97 Å². The summed E-state index contributed by atoms with van der Waals surface area (Å²) >= 11 is 2.27. The quantitative estimate of drug-likeness (QED) is 0.0825. The Morgan fingerprint density at radius 3 is 2.58 bits per heavy atom. The lowest BCUT2D eigenvalue weighted by Crippen LogP contribution is -2.27. The molecular weight excluding hydrogens is 588 g/mol. The van der Waals surface area contributed by atoms with E-state index in [4.69, 9.17) is 20.0 Å². The summed E-state index contributed by atoms with van der Waals surface area (Å²) in [7, 11) is 0. The second-order valence-corrected chi connectivity index (χ2v) is 11.0. The Balaban J connectivity index is 1.56. The van der Waals surface area contributed by atoms with Crippen LogP contribution in [0, 0.1) is 5.41 Å². The highest BCUT2D eigenvalue weighted by molar-refractivity contribution is 14.2. The third-order valence-corrected chi connectivity index (χ3v) is 6.27. The average Bonchev–Trinajstić information content (AvgIpc) is 3.21. The molecule has 0 saturated heterocycles. The van der Waals surface area contributed by atoms with Crippen molar-refractivity contribution in [3.05, 3.63) is 72.3 Å². The molecule has 0 aliphatic rings. The molecule has 3 aromatic carbocycles. The third-order valence-electron chi connectivity index (χ3n) is 5.10. The first-order valence-corrected chi connectivity index (χ1v) is 15.3. The van der Waals surface area contributed by atoms with Crippen LogP contribution in [0.3, 0.4) is 0 Å². The van der Waals surface area contributed by atoms with Crippen molar-refractivity contribution in [2.45, 2.75) is 26.4 Å². The van der Waals surface area contributed by atoms with E-state index in [9.17, 15) is 4.79 Å². The number of carbonyl (C=O) groups excluding carboxylic acids is 1. The maximum atomic E-state index is 11.9. The van der Waals surface area contributed by atoms with Gasteiger partial charge in [0.25, 0.3) is 0 Å². The van der Waals surface area contributed by atoms with Crippen LogP contribution < -0.4 is 15.1 Å². The largest absolute Gasteiger partial charge is 0.482 e. The van der Waals surface area contributed by atoms with Crippen LogP contribution in [0.15, 0.2) is 66.7 Å². The van der Waals surface area contributed by atoms with Crippen LogP contribution in [0.4, 0.5) is 17.2 Å². The number of hydrogen-bond donors (Lipinski definition) is 3. The van der Waals surface area contributed by atoms with Crippen molar-refractivity contribution >= 4 is 68.7 Å². The first-order valence-electron chi connectivity index (χ1n) is 11.2. The summed E-state index contributed by atoms with van der Waals surface area (Å²) < 4.78 is 12.7. The zero-order valence-electron chi connectivity index (χ0n) is 20.1. The number of para-hydroxylation sites is 1. The van der Waals surface area contributed by atoms with Crippen LogP contribution in [0.1, 0.15) is 26.3 Å². The standard InChI is InChI=1S/C26H27IN5O3P/c1-26(2,3)35-24(33)16-34-20-11-9-19(10-12-20)32-23-7-5-4-6-21(23)25(30-32)29-18-8-13-22(31-36-27)17(14-18)15-28/h4-15,28,31,36H,16H2,1-3H3,(H,29,30). The SMILES string of the molecule is CC(C)(C)OC(=O)COc1ccc(-n2nc(Nc3ccc(NPI)c(C=N)c3)c3ccccc32)cc1. The molecule has 10 heteroatoms. The first kappa shape index (κ1) is 25.9. The molecule has 0 aliphatic carbocycles. The Hall–Kier alpha value is -3.17. The number of anilines is 3. The van der Waals surface area contributed by atoms with E-state index in [1.807, 2.05) is 80.1 Å². The van der Waals surface area contributed by atoms with E-state index in [-0.39, 0.29) is 6.61 Å². The molecule has 0 radical (unpaired) electrons. The van der Waals surface area contributed by atoms with E-state index in [1.54, 1.807) is 12.1 Å². The lowest BCUT2D eigenvalue weighted by molar-refractivity contribution is -0.157. The molecule has 1 heterocycles. The summed E-state index contributed by atoms with van der Waals surface area (Å²) in [6, 6.07) is 21.2. The predicted octanol–water partition coefficient (Wildman–Crippen LogP) is 6.84. The summed E-state index contributed by atoms with van der Waals surface area (Å²) in [4.78, 5) is 11.9. The molecule has 0 saturated carbocycles. The Morgan fingerprint density at radius 2 is 1.89 bits per heavy atom. The molecule has 0 amide bonds. The van der Waals surface area contributed by atoms with Gasteiger partial charge in [-0.05, 0) is 97.4 Å². The summed E-state index contributed by atoms with van der Waals surface area (Å²) in [6.07, 6.45) is 1.86. The number of ether oxygens (including phenoxy) is 2. The van der Waals surface area contributed by atoms with Crippen LogP contribution in [0.25, 0.3) is 16.6 Å². The van der Waals surface area contributed by atoms with Gasteiger partial charge in [-0.2, -0.15) is 0 Å². The molecule has 4 rings (SSSR count). The van der Waals surface area contributed by atoms with E-state index in [2.05, 4.69) is 32.4 Å². The molecule has 1 aromatic heterocycles. The second-order valence-electron chi connectivity index (χ2n) is 8.94. The maximum absolute atomic E-state index is 11.9. The summed E-state index contributed by atoms with van der Waals surface area (Å²) in [5, 5.41) is 20.2. The fourth-order valence-corrected chi connectivity index (χ4v) is 4.81. The van der Waals surface area contributed by atoms with Gasteiger partial charge in [0.15, 0.2) is 12.4 Å². The topological polar surface area (TPSA) is 101 Å². The van der Waals surface area contributed by atoms with Crippen molar-refractivity contribution in [1.82, 2.24) is 9.78 Å². The van der Waals surface area contributed by atoms with Gasteiger partial charge in [-0.15, -0.1) is 5.10 Å². The molecule has 1 atom stereocenters. The van der Waals surface area contributed by atoms with Crippen molar-refractivity contribution in [1.29, 1.82) is 5.41 Å². The molecule has 3 N–H and O–H groups in total. The lowest BCUT2D eigenvalue weighted by Gasteiger charge is -2.19. The average molecular weight is 615 g/mol. The minimum absolute atomic E-state index is 0.153. The fourth-order valence-electron chi connectivity index (χ4n) is 3.61. The van der Waals surface area contributed by atoms with Gasteiger partial charge in [0.1, 0.15) is 11.4 Å². The van der Waals surface area contributed by atoms with Crippen LogP contribution >= 0.6 is 28.4 Å². The number of benzene rings is 3. The molecule has 0 bridgehead atoms. The Kier molecular flexibility index (Phi) is 8.11. The number of esters is 1. The van der Waals surface area contributed by atoms with Gasteiger partial charge in [-0.1, -0.05) is 12.1 Å². The molecule has 186 valence electrons.